The number of amides is 3. The largest absolute Gasteiger partial charge is 0.323 e. The molecule has 30 heavy (non-hydrogen) atoms. The zero-order valence-corrected chi connectivity index (χ0v) is 17.4. The molecule has 0 unspecified atom stereocenters. The number of nitrogens with one attached hydrogen (secondary N) is 2. The van der Waals surface area contributed by atoms with Gasteiger partial charge in [0.1, 0.15) is 11.4 Å². The summed E-state index contributed by atoms with van der Waals surface area (Å²) in [6.45, 7) is 7.37. The van der Waals surface area contributed by atoms with Gasteiger partial charge >= 0.3 is 6.03 Å². The fraction of sp³-hybridized carbons (Fsp3) is 0.500. The number of halogens is 1. The van der Waals surface area contributed by atoms with Crippen LogP contribution in [0.15, 0.2) is 30.5 Å². The maximum atomic E-state index is 14.3. The lowest BCUT2D eigenvalue weighted by Crippen LogP contribution is -2.57. The second-order valence-electron chi connectivity index (χ2n) is 8.29. The minimum absolute atomic E-state index is 0.0562. The number of hydrogen-bond donors (Lipinski definition) is 2. The number of piperidine rings is 1. The summed E-state index contributed by atoms with van der Waals surface area (Å²) >= 11 is 0. The Bertz CT molecular complexity index is 951. The zero-order chi connectivity index (χ0) is 21.3. The summed E-state index contributed by atoms with van der Waals surface area (Å²) in [5.41, 5.74) is 1.59. The number of aryl methyl sites for hydroxylation is 2. The first-order chi connectivity index (χ1) is 14.4. The summed E-state index contributed by atoms with van der Waals surface area (Å²) in [4.78, 5) is 27.2. The second kappa shape index (κ2) is 8.18. The van der Waals surface area contributed by atoms with Crippen molar-refractivity contribution in [1.29, 1.82) is 0 Å². The molecule has 2 aliphatic rings. The van der Waals surface area contributed by atoms with Crippen LogP contribution in [-0.2, 0) is 24.3 Å². The Morgan fingerprint density at radius 2 is 1.93 bits per heavy atom. The molecule has 2 N–H and O–H groups in total. The third-order valence-corrected chi connectivity index (χ3v) is 6.45. The maximum absolute atomic E-state index is 14.3. The number of hydrogen-bond acceptors (Lipinski definition) is 4. The molecule has 2 aromatic rings. The maximum Gasteiger partial charge on any atom is 0.322 e. The summed E-state index contributed by atoms with van der Waals surface area (Å²) in [6.07, 6.45) is 3.75. The molecule has 4 rings (SSSR count). The van der Waals surface area contributed by atoms with E-state index < -0.39 is 11.6 Å². The summed E-state index contributed by atoms with van der Waals surface area (Å²) in [5, 5.41) is 9.74. The van der Waals surface area contributed by atoms with Crippen molar-refractivity contribution in [2.45, 2.75) is 51.7 Å². The Balaban J connectivity index is 1.48. The number of urea groups is 1. The molecule has 3 amide bonds. The van der Waals surface area contributed by atoms with Gasteiger partial charge in [-0.3, -0.25) is 19.7 Å². The van der Waals surface area contributed by atoms with Crippen molar-refractivity contribution < 1.29 is 14.0 Å². The summed E-state index contributed by atoms with van der Waals surface area (Å²) in [5.74, 6) is -0.764. The Labute approximate surface area is 175 Å². The predicted molar refractivity (Wildman–Crippen MR) is 110 cm³/mol. The van der Waals surface area contributed by atoms with Crippen molar-refractivity contribution in [1.82, 2.24) is 25.3 Å². The van der Waals surface area contributed by atoms with Crippen LogP contribution in [0.2, 0.25) is 0 Å². The molecular formula is C22H28FN5O2. The highest BCUT2D eigenvalue weighted by atomic mass is 19.1. The van der Waals surface area contributed by atoms with Gasteiger partial charge in [-0.15, -0.1) is 0 Å². The van der Waals surface area contributed by atoms with E-state index in [0.29, 0.717) is 5.56 Å². The molecule has 0 aliphatic carbocycles. The van der Waals surface area contributed by atoms with E-state index in [1.807, 2.05) is 11.6 Å². The molecule has 0 bridgehead atoms. The lowest BCUT2D eigenvalue weighted by Gasteiger charge is -2.40. The van der Waals surface area contributed by atoms with Crippen molar-refractivity contribution >= 4 is 11.9 Å². The highest BCUT2D eigenvalue weighted by molar-refractivity contribution is 6.07. The molecule has 8 heteroatoms. The standard InChI is InChI=1S/C22H28FN5O2/c1-3-28-14-17(15(2)26-28)13-27-10-8-18(9-11-27)22(20(29)24-21(30)25-22)12-16-6-4-5-7-19(16)23/h4-7,14,18H,3,8-13H2,1-2H3,(H2,24,25,29,30)/t22-/m1/s1. The highest BCUT2D eigenvalue weighted by Gasteiger charge is 2.52. The van der Waals surface area contributed by atoms with Crippen LogP contribution in [0.5, 0.6) is 0 Å². The summed E-state index contributed by atoms with van der Waals surface area (Å²) < 4.78 is 16.3. The Morgan fingerprint density at radius 1 is 1.20 bits per heavy atom. The lowest BCUT2D eigenvalue weighted by atomic mass is 9.74. The van der Waals surface area contributed by atoms with Gasteiger partial charge in [0, 0.05) is 31.3 Å². The van der Waals surface area contributed by atoms with Gasteiger partial charge in [0.15, 0.2) is 0 Å². The molecule has 160 valence electrons. The van der Waals surface area contributed by atoms with Crippen molar-refractivity contribution in [2.75, 3.05) is 13.1 Å². The van der Waals surface area contributed by atoms with Crippen LogP contribution in [0.4, 0.5) is 9.18 Å². The average molecular weight is 413 g/mol. The van der Waals surface area contributed by atoms with Crippen LogP contribution in [0.3, 0.4) is 0 Å². The Kier molecular flexibility index (Phi) is 5.60. The molecule has 0 radical (unpaired) electrons. The van der Waals surface area contributed by atoms with Gasteiger partial charge < -0.3 is 5.32 Å². The number of carbonyl (C=O) groups excluding carboxylic acids is 2. The van der Waals surface area contributed by atoms with Crippen molar-refractivity contribution in [3.63, 3.8) is 0 Å². The van der Waals surface area contributed by atoms with Crippen LogP contribution in [0, 0.1) is 18.7 Å². The van der Waals surface area contributed by atoms with Crippen molar-refractivity contribution in [3.05, 3.63) is 53.1 Å². The molecule has 2 aliphatic heterocycles. The van der Waals surface area contributed by atoms with Crippen molar-refractivity contribution in [2.24, 2.45) is 5.92 Å². The summed E-state index contributed by atoms with van der Waals surface area (Å²) in [7, 11) is 0. The van der Waals surface area contributed by atoms with Crippen LogP contribution < -0.4 is 10.6 Å². The third kappa shape index (κ3) is 3.84. The normalized spacial score (nSPS) is 22.9. The minimum atomic E-state index is -1.10. The van der Waals surface area contributed by atoms with E-state index in [1.165, 1.54) is 11.6 Å². The number of likely N-dealkylation sites (tertiary alicyclic amines) is 1. The molecule has 3 heterocycles. The first kappa shape index (κ1) is 20.5. The van der Waals surface area contributed by atoms with Crippen LogP contribution in [0.1, 0.15) is 36.6 Å². The van der Waals surface area contributed by atoms with E-state index in [4.69, 9.17) is 0 Å². The number of aromatic nitrogens is 2. The first-order valence-corrected chi connectivity index (χ1v) is 10.5. The van der Waals surface area contributed by atoms with Gasteiger partial charge in [0.25, 0.3) is 5.91 Å². The van der Waals surface area contributed by atoms with E-state index in [-0.39, 0.29) is 24.1 Å². The third-order valence-electron chi connectivity index (χ3n) is 6.45. The fourth-order valence-electron chi connectivity index (χ4n) is 4.70. The monoisotopic (exact) mass is 413 g/mol. The van der Waals surface area contributed by atoms with Gasteiger partial charge in [-0.2, -0.15) is 5.10 Å². The summed E-state index contributed by atoms with van der Waals surface area (Å²) in [6, 6.07) is 5.95. The highest BCUT2D eigenvalue weighted by Crippen LogP contribution is 2.35. The lowest BCUT2D eigenvalue weighted by molar-refractivity contribution is -0.126. The predicted octanol–water partition coefficient (Wildman–Crippen LogP) is 2.38. The molecule has 1 aromatic heterocycles. The quantitative estimate of drug-likeness (QED) is 0.713. The first-order valence-electron chi connectivity index (χ1n) is 10.5. The van der Waals surface area contributed by atoms with Gasteiger partial charge in [-0.05, 0) is 57.3 Å². The zero-order valence-electron chi connectivity index (χ0n) is 17.4. The minimum Gasteiger partial charge on any atom is -0.323 e. The number of imide groups is 1. The average Bonchev–Trinajstić information content (AvgIpc) is 3.23. The molecule has 0 spiro atoms. The van der Waals surface area contributed by atoms with E-state index in [2.05, 4.69) is 33.8 Å². The topological polar surface area (TPSA) is 79.3 Å². The van der Waals surface area contributed by atoms with E-state index in [1.54, 1.807) is 18.2 Å². The number of rotatable bonds is 6. The van der Waals surface area contributed by atoms with Crippen LogP contribution >= 0.6 is 0 Å². The SMILES string of the molecule is CCn1cc(CN2CCC([C@@]3(Cc4ccccc4F)NC(=O)NC3=O)CC2)c(C)n1. The van der Waals surface area contributed by atoms with E-state index in [9.17, 15) is 14.0 Å². The van der Waals surface area contributed by atoms with Gasteiger partial charge in [-0.25, -0.2) is 9.18 Å². The number of benzene rings is 1. The van der Waals surface area contributed by atoms with Gasteiger partial charge in [0.05, 0.1) is 5.69 Å². The molecule has 7 nitrogen and oxygen atoms in total. The Morgan fingerprint density at radius 3 is 2.53 bits per heavy atom. The van der Waals surface area contributed by atoms with E-state index in [0.717, 1.165) is 44.7 Å². The molecule has 1 atom stereocenters. The van der Waals surface area contributed by atoms with Crippen molar-refractivity contribution in [3.8, 4) is 0 Å². The van der Waals surface area contributed by atoms with Gasteiger partial charge in [-0.1, -0.05) is 18.2 Å². The molecule has 2 fully saturated rings. The second-order valence-corrected chi connectivity index (χ2v) is 8.29. The molecule has 2 saturated heterocycles. The molecular weight excluding hydrogens is 385 g/mol. The van der Waals surface area contributed by atoms with E-state index >= 15 is 0 Å². The fourth-order valence-corrected chi connectivity index (χ4v) is 4.70. The Hall–Kier alpha value is -2.74. The van der Waals surface area contributed by atoms with Crippen LogP contribution in [0.25, 0.3) is 0 Å². The molecule has 1 aromatic carbocycles. The smallest absolute Gasteiger partial charge is 0.322 e. The number of carbonyl (C=O) groups is 2. The van der Waals surface area contributed by atoms with Gasteiger partial charge in [0.2, 0.25) is 0 Å². The molecule has 0 saturated carbocycles. The number of nitrogens with zero attached hydrogens (tertiary/aromatic N) is 3. The van der Waals surface area contributed by atoms with Crippen LogP contribution in [-0.4, -0.2) is 45.2 Å².